The van der Waals surface area contributed by atoms with E-state index < -0.39 is 0 Å². The van der Waals surface area contributed by atoms with Crippen LogP contribution in [0.25, 0.3) is 6.08 Å². The van der Waals surface area contributed by atoms with Gasteiger partial charge in [0.25, 0.3) is 0 Å². The smallest absolute Gasteiger partial charge is 0.248 e. The highest BCUT2D eigenvalue weighted by molar-refractivity contribution is 9.10. The van der Waals surface area contributed by atoms with Crippen molar-refractivity contribution >= 4 is 33.6 Å². The van der Waals surface area contributed by atoms with Gasteiger partial charge in [0.1, 0.15) is 0 Å². The van der Waals surface area contributed by atoms with Crippen LogP contribution < -0.4 is 14.8 Å². The number of hydrogen-bond donors (Lipinski definition) is 1. The van der Waals surface area contributed by atoms with Crippen molar-refractivity contribution in [2.75, 3.05) is 19.0 Å². The van der Waals surface area contributed by atoms with Crippen LogP contribution in [-0.4, -0.2) is 19.6 Å². The molecule has 0 aromatic heterocycles. The summed E-state index contributed by atoms with van der Waals surface area (Å²) in [5, 5.41) is 2.80. The summed E-state index contributed by atoms with van der Waals surface area (Å²) in [5.74, 6) is 1.16. The van der Waals surface area contributed by atoms with Gasteiger partial charge in [0.2, 0.25) is 5.91 Å². The fourth-order valence-corrected chi connectivity index (χ4v) is 2.27. The van der Waals surface area contributed by atoms with Crippen LogP contribution in [0.3, 0.4) is 0 Å². The van der Waals surface area contributed by atoms with E-state index >= 15 is 0 Å². The van der Waals surface area contributed by atoms with Crippen molar-refractivity contribution in [2.24, 2.45) is 0 Å². The third-order valence-corrected chi connectivity index (χ3v) is 3.72. The van der Waals surface area contributed by atoms with Crippen LogP contribution in [0.1, 0.15) is 18.9 Å². The number of nitrogens with one attached hydrogen (secondary N) is 1. The number of methoxy groups -OCH3 is 1. The molecule has 0 heterocycles. The minimum absolute atomic E-state index is 0.192. The second kappa shape index (κ2) is 9.13. The van der Waals surface area contributed by atoms with Crippen molar-refractivity contribution in [1.29, 1.82) is 0 Å². The molecular weight excluding hydrogens is 370 g/mol. The Bertz CT molecular complexity index is 711. The van der Waals surface area contributed by atoms with Gasteiger partial charge in [-0.05, 0) is 54.5 Å². The third kappa shape index (κ3) is 5.42. The van der Waals surface area contributed by atoms with Gasteiger partial charge in [-0.3, -0.25) is 4.79 Å². The molecule has 24 heavy (non-hydrogen) atoms. The van der Waals surface area contributed by atoms with Crippen molar-refractivity contribution < 1.29 is 14.3 Å². The summed E-state index contributed by atoms with van der Waals surface area (Å²) in [6.07, 6.45) is 4.16. The van der Waals surface area contributed by atoms with Gasteiger partial charge < -0.3 is 14.8 Å². The summed E-state index contributed by atoms with van der Waals surface area (Å²) in [5.41, 5.74) is 1.61. The monoisotopic (exact) mass is 389 g/mol. The molecule has 0 spiro atoms. The van der Waals surface area contributed by atoms with Gasteiger partial charge in [0, 0.05) is 16.2 Å². The van der Waals surface area contributed by atoms with Gasteiger partial charge >= 0.3 is 0 Å². The van der Waals surface area contributed by atoms with E-state index in [2.05, 4.69) is 21.2 Å². The molecule has 0 aliphatic rings. The highest BCUT2D eigenvalue weighted by atomic mass is 79.9. The molecule has 4 nitrogen and oxygen atoms in total. The Kier molecular flexibility index (Phi) is 6.88. The topological polar surface area (TPSA) is 47.6 Å². The molecule has 0 bridgehead atoms. The number of benzene rings is 2. The lowest BCUT2D eigenvalue weighted by atomic mass is 10.2. The number of ether oxygens (including phenoxy) is 2. The number of rotatable bonds is 7. The highest BCUT2D eigenvalue weighted by Crippen LogP contribution is 2.28. The molecule has 0 fully saturated rings. The van der Waals surface area contributed by atoms with Crippen molar-refractivity contribution in [3.8, 4) is 11.5 Å². The quantitative estimate of drug-likeness (QED) is 0.685. The average molecular weight is 390 g/mol. The van der Waals surface area contributed by atoms with Crippen LogP contribution >= 0.6 is 15.9 Å². The summed E-state index contributed by atoms with van der Waals surface area (Å²) in [6.45, 7) is 2.69. The molecule has 0 saturated heterocycles. The van der Waals surface area contributed by atoms with Crippen LogP contribution in [-0.2, 0) is 4.79 Å². The van der Waals surface area contributed by atoms with E-state index in [0.717, 1.165) is 22.1 Å². The van der Waals surface area contributed by atoms with E-state index in [4.69, 9.17) is 9.47 Å². The second-order valence-corrected chi connectivity index (χ2v) is 6.00. The number of anilines is 1. The number of amides is 1. The van der Waals surface area contributed by atoms with Gasteiger partial charge in [-0.1, -0.05) is 28.9 Å². The van der Waals surface area contributed by atoms with Gasteiger partial charge in [-0.2, -0.15) is 0 Å². The van der Waals surface area contributed by atoms with Gasteiger partial charge in [-0.15, -0.1) is 0 Å². The summed E-state index contributed by atoms with van der Waals surface area (Å²) in [6, 6.07) is 13.0. The average Bonchev–Trinajstić information content (AvgIpc) is 2.60. The molecule has 0 unspecified atom stereocenters. The van der Waals surface area contributed by atoms with E-state index in [-0.39, 0.29) is 5.91 Å². The lowest BCUT2D eigenvalue weighted by Crippen LogP contribution is -2.07. The summed E-state index contributed by atoms with van der Waals surface area (Å²) >= 11 is 3.36. The van der Waals surface area contributed by atoms with Crippen molar-refractivity contribution in [3.63, 3.8) is 0 Å². The lowest BCUT2D eigenvalue weighted by molar-refractivity contribution is -0.111. The molecule has 1 N–H and O–H groups in total. The molecule has 0 aliphatic carbocycles. The molecule has 0 aliphatic heterocycles. The number of carbonyl (C=O) groups is 1. The zero-order valence-electron chi connectivity index (χ0n) is 13.7. The van der Waals surface area contributed by atoms with E-state index in [9.17, 15) is 4.79 Å². The largest absolute Gasteiger partial charge is 0.493 e. The zero-order valence-corrected chi connectivity index (χ0v) is 15.3. The number of halogens is 1. The van der Waals surface area contributed by atoms with Crippen LogP contribution in [0, 0.1) is 0 Å². The van der Waals surface area contributed by atoms with E-state index in [1.807, 2.05) is 49.4 Å². The SMILES string of the molecule is CCCOc1ccc(/C=C/C(=O)Nc2ccc(Br)cc2)cc1OC. The zero-order chi connectivity index (χ0) is 17.4. The third-order valence-electron chi connectivity index (χ3n) is 3.19. The van der Waals surface area contributed by atoms with E-state index in [1.165, 1.54) is 6.08 Å². The summed E-state index contributed by atoms with van der Waals surface area (Å²) < 4.78 is 11.9. The first-order valence-corrected chi connectivity index (χ1v) is 8.47. The molecule has 2 aromatic rings. The van der Waals surface area contributed by atoms with E-state index in [0.29, 0.717) is 18.1 Å². The Labute approximate surface area is 150 Å². The Morgan fingerprint density at radius 1 is 1.17 bits per heavy atom. The Hall–Kier alpha value is -2.27. The predicted molar refractivity (Wildman–Crippen MR) is 101 cm³/mol. The molecule has 2 aromatic carbocycles. The van der Waals surface area contributed by atoms with Gasteiger partial charge in [-0.25, -0.2) is 0 Å². The predicted octanol–water partition coefficient (Wildman–Crippen LogP) is 4.90. The number of carbonyl (C=O) groups excluding carboxylic acids is 1. The van der Waals surface area contributed by atoms with Crippen LogP contribution in [0.4, 0.5) is 5.69 Å². The van der Waals surface area contributed by atoms with Gasteiger partial charge in [0.05, 0.1) is 13.7 Å². The Morgan fingerprint density at radius 2 is 1.92 bits per heavy atom. The minimum atomic E-state index is -0.192. The van der Waals surface area contributed by atoms with Crippen molar-refractivity contribution in [1.82, 2.24) is 0 Å². The van der Waals surface area contributed by atoms with Gasteiger partial charge in [0.15, 0.2) is 11.5 Å². The molecule has 2 rings (SSSR count). The minimum Gasteiger partial charge on any atom is -0.493 e. The standard InChI is InChI=1S/C19H20BrNO3/c1-3-12-24-17-10-4-14(13-18(17)23-2)5-11-19(22)21-16-8-6-15(20)7-9-16/h4-11,13H,3,12H2,1-2H3,(H,21,22)/b11-5+. The highest BCUT2D eigenvalue weighted by Gasteiger charge is 2.05. The molecule has 1 amide bonds. The first kappa shape index (κ1) is 18.1. The van der Waals surface area contributed by atoms with Crippen LogP contribution in [0.2, 0.25) is 0 Å². The summed E-state index contributed by atoms with van der Waals surface area (Å²) in [4.78, 5) is 12.0. The fraction of sp³-hybridized carbons (Fsp3) is 0.211. The van der Waals surface area contributed by atoms with Crippen LogP contribution in [0.15, 0.2) is 53.0 Å². The molecular formula is C19H20BrNO3. The Morgan fingerprint density at radius 3 is 2.58 bits per heavy atom. The first-order valence-electron chi connectivity index (χ1n) is 7.68. The molecule has 0 saturated carbocycles. The first-order chi connectivity index (χ1) is 11.6. The molecule has 0 atom stereocenters. The maximum Gasteiger partial charge on any atom is 0.248 e. The fourth-order valence-electron chi connectivity index (χ4n) is 2.01. The Balaban J connectivity index is 2.02. The van der Waals surface area contributed by atoms with E-state index in [1.54, 1.807) is 13.2 Å². The lowest BCUT2D eigenvalue weighted by Gasteiger charge is -2.10. The second-order valence-electron chi connectivity index (χ2n) is 5.09. The maximum absolute atomic E-state index is 12.0. The number of hydrogen-bond acceptors (Lipinski definition) is 3. The molecule has 0 radical (unpaired) electrons. The van der Waals surface area contributed by atoms with Crippen LogP contribution in [0.5, 0.6) is 11.5 Å². The van der Waals surface area contributed by atoms with Crippen molar-refractivity contribution in [3.05, 3.63) is 58.6 Å². The molecule has 5 heteroatoms. The van der Waals surface area contributed by atoms with Crippen molar-refractivity contribution in [2.45, 2.75) is 13.3 Å². The molecule has 126 valence electrons. The summed E-state index contributed by atoms with van der Waals surface area (Å²) in [7, 11) is 1.60. The maximum atomic E-state index is 12.0. The normalized spacial score (nSPS) is 10.6.